The minimum Gasteiger partial charge on any atom is -0.380 e. The monoisotopic (exact) mass is 295 g/mol. The van der Waals surface area contributed by atoms with E-state index in [1.54, 1.807) is 0 Å². The molecule has 1 aromatic heterocycles. The number of amides is 2. The van der Waals surface area contributed by atoms with Crippen molar-refractivity contribution in [2.24, 2.45) is 0 Å². The first-order valence-corrected chi connectivity index (χ1v) is 8.23. The summed E-state index contributed by atoms with van der Waals surface area (Å²) in [6, 6.07) is 0.154. The smallest absolute Gasteiger partial charge is 0.323 e. The van der Waals surface area contributed by atoms with Crippen LogP contribution in [0.15, 0.2) is 5.38 Å². The molecule has 0 bridgehead atoms. The van der Waals surface area contributed by atoms with E-state index in [2.05, 4.69) is 22.6 Å². The maximum atomic E-state index is 12.3. The van der Waals surface area contributed by atoms with Crippen molar-refractivity contribution >= 4 is 22.5 Å². The topological polar surface area (TPSA) is 54.5 Å². The van der Waals surface area contributed by atoms with Crippen LogP contribution in [0.25, 0.3) is 0 Å². The fourth-order valence-electron chi connectivity index (χ4n) is 2.60. The summed E-state index contributed by atoms with van der Waals surface area (Å²) in [6.07, 6.45) is 4.66. The number of urea groups is 1. The Morgan fingerprint density at radius 3 is 3.05 bits per heavy atom. The number of nitrogens with one attached hydrogen (secondary N) is 1. The number of hydrogen-bond acceptors (Lipinski definition) is 4. The van der Waals surface area contributed by atoms with E-state index in [-0.39, 0.29) is 12.1 Å². The minimum absolute atomic E-state index is 0.0579. The molecule has 1 aliphatic carbocycles. The summed E-state index contributed by atoms with van der Waals surface area (Å²) in [5, 5.41) is 5.73. The van der Waals surface area contributed by atoms with Gasteiger partial charge in [0, 0.05) is 30.5 Å². The molecule has 1 saturated heterocycles. The van der Waals surface area contributed by atoms with E-state index >= 15 is 0 Å². The molecule has 0 aromatic carbocycles. The Bertz CT molecular complexity index is 473. The quantitative estimate of drug-likeness (QED) is 0.912. The number of ether oxygens (including phenoxy) is 1. The molecule has 2 fully saturated rings. The normalized spacial score (nSPS) is 24.1. The fourth-order valence-corrected chi connectivity index (χ4v) is 3.38. The van der Waals surface area contributed by atoms with Crippen LogP contribution in [0.1, 0.15) is 44.2 Å². The third kappa shape index (κ3) is 2.96. The highest BCUT2D eigenvalue weighted by atomic mass is 32.1. The van der Waals surface area contributed by atoms with Crippen LogP contribution >= 0.6 is 11.3 Å². The molecule has 6 heteroatoms. The van der Waals surface area contributed by atoms with Crippen LogP contribution in [0.2, 0.25) is 0 Å². The molecule has 3 rings (SSSR count). The fraction of sp³-hybridized carbons (Fsp3) is 0.714. The van der Waals surface area contributed by atoms with Crippen LogP contribution in [0.5, 0.6) is 0 Å². The number of rotatable bonds is 2. The third-order valence-corrected chi connectivity index (χ3v) is 4.98. The molecular formula is C14H21N3O2S. The highest BCUT2D eigenvalue weighted by Gasteiger charge is 2.25. The van der Waals surface area contributed by atoms with Gasteiger partial charge in [-0.05, 0) is 26.2 Å². The van der Waals surface area contributed by atoms with Crippen molar-refractivity contribution in [3.05, 3.63) is 11.1 Å². The summed E-state index contributed by atoms with van der Waals surface area (Å²) in [4.78, 5) is 18.7. The van der Waals surface area contributed by atoms with E-state index in [0.717, 1.165) is 18.7 Å². The van der Waals surface area contributed by atoms with Gasteiger partial charge in [0.1, 0.15) is 0 Å². The summed E-state index contributed by atoms with van der Waals surface area (Å²) in [6.45, 7) is 4.06. The maximum absolute atomic E-state index is 12.3. The number of thiazole rings is 1. The van der Waals surface area contributed by atoms with E-state index in [9.17, 15) is 4.79 Å². The van der Waals surface area contributed by atoms with Crippen molar-refractivity contribution in [1.29, 1.82) is 0 Å². The maximum Gasteiger partial charge on any atom is 0.323 e. The minimum atomic E-state index is -0.0579. The van der Waals surface area contributed by atoms with E-state index in [0.29, 0.717) is 24.2 Å². The largest absolute Gasteiger partial charge is 0.380 e. The van der Waals surface area contributed by atoms with Gasteiger partial charge in [0.05, 0.1) is 12.3 Å². The number of nitrogens with zero attached hydrogens (tertiary/aromatic N) is 2. The molecule has 2 aliphatic rings. The Morgan fingerprint density at radius 1 is 1.45 bits per heavy atom. The second-order valence-electron chi connectivity index (χ2n) is 5.58. The molecule has 1 unspecified atom stereocenters. The van der Waals surface area contributed by atoms with Gasteiger partial charge in [0.25, 0.3) is 0 Å². The van der Waals surface area contributed by atoms with E-state index in [1.807, 2.05) is 4.90 Å². The number of hydrogen-bond donors (Lipinski definition) is 1. The molecule has 1 aliphatic heterocycles. The first-order valence-electron chi connectivity index (χ1n) is 7.35. The standard InChI is InChI=1S/C14H21N3O2S/c1-10-5-7-19-8-6-17(10)14(18)16-13-15-12(9-20-13)11-3-2-4-11/h9-11H,2-8H2,1H3,(H,15,16,18). The van der Waals surface area contributed by atoms with Gasteiger partial charge in [-0.25, -0.2) is 9.78 Å². The van der Waals surface area contributed by atoms with Crippen LogP contribution in [-0.4, -0.2) is 41.7 Å². The third-order valence-electron chi connectivity index (χ3n) is 4.21. The molecule has 1 atom stereocenters. The Kier molecular flexibility index (Phi) is 4.21. The van der Waals surface area contributed by atoms with E-state index < -0.39 is 0 Å². The molecule has 0 spiro atoms. The zero-order chi connectivity index (χ0) is 13.9. The van der Waals surface area contributed by atoms with Crippen LogP contribution in [0.4, 0.5) is 9.93 Å². The highest BCUT2D eigenvalue weighted by Crippen LogP contribution is 2.37. The summed E-state index contributed by atoms with van der Waals surface area (Å²) >= 11 is 1.52. The molecule has 110 valence electrons. The number of carbonyl (C=O) groups excluding carboxylic acids is 1. The van der Waals surface area contributed by atoms with Crippen LogP contribution in [0.3, 0.4) is 0 Å². The zero-order valence-electron chi connectivity index (χ0n) is 11.8. The van der Waals surface area contributed by atoms with Gasteiger partial charge in [-0.1, -0.05) is 6.42 Å². The molecule has 2 heterocycles. The van der Waals surface area contributed by atoms with Crippen LogP contribution in [-0.2, 0) is 4.74 Å². The highest BCUT2D eigenvalue weighted by molar-refractivity contribution is 7.13. The Balaban J connectivity index is 1.61. The van der Waals surface area contributed by atoms with Crippen molar-refractivity contribution in [3.8, 4) is 0 Å². The first-order chi connectivity index (χ1) is 9.74. The Hall–Kier alpha value is -1.14. The SMILES string of the molecule is CC1CCOCCN1C(=O)Nc1nc(C2CCC2)cs1. The van der Waals surface area contributed by atoms with E-state index in [1.165, 1.54) is 30.6 Å². The summed E-state index contributed by atoms with van der Waals surface area (Å²) in [5.41, 5.74) is 1.14. The second-order valence-corrected chi connectivity index (χ2v) is 6.44. The second kappa shape index (κ2) is 6.10. The number of aromatic nitrogens is 1. The van der Waals surface area contributed by atoms with Gasteiger partial charge >= 0.3 is 6.03 Å². The zero-order valence-corrected chi connectivity index (χ0v) is 12.6. The van der Waals surface area contributed by atoms with Crippen molar-refractivity contribution in [2.75, 3.05) is 25.1 Å². The summed E-state index contributed by atoms with van der Waals surface area (Å²) in [7, 11) is 0. The number of carbonyl (C=O) groups is 1. The van der Waals surface area contributed by atoms with Crippen molar-refractivity contribution in [1.82, 2.24) is 9.88 Å². The molecule has 1 aromatic rings. The Morgan fingerprint density at radius 2 is 2.30 bits per heavy atom. The molecule has 0 radical (unpaired) electrons. The van der Waals surface area contributed by atoms with Gasteiger partial charge in [0.15, 0.2) is 5.13 Å². The molecular weight excluding hydrogens is 274 g/mol. The lowest BCUT2D eigenvalue weighted by Crippen LogP contribution is -2.42. The molecule has 1 N–H and O–H groups in total. The van der Waals surface area contributed by atoms with Crippen LogP contribution in [0, 0.1) is 0 Å². The lowest BCUT2D eigenvalue weighted by molar-refractivity contribution is 0.143. The van der Waals surface area contributed by atoms with Gasteiger partial charge in [0.2, 0.25) is 0 Å². The number of anilines is 1. The van der Waals surface area contributed by atoms with Crippen molar-refractivity contribution < 1.29 is 9.53 Å². The Labute approximate surface area is 123 Å². The lowest BCUT2D eigenvalue weighted by atomic mass is 9.83. The average molecular weight is 295 g/mol. The van der Waals surface area contributed by atoms with Gasteiger partial charge in [-0.15, -0.1) is 11.3 Å². The van der Waals surface area contributed by atoms with Crippen molar-refractivity contribution in [3.63, 3.8) is 0 Å². The summed E-state index contributed by atoms with van der Waals surface area (Å²) in [5.74, 6) is 0.613. The van der Waals surface area contributed by atoms with Crippen LogP contribution < -0.4 is 5.32 Å². The molecule has 2 amide bonds. The van der Waals surface area contributed by atoms with Gasteiger partial charge in [-0.3, -0.25) is 5.32 Å². The molecule has 20 heavy (non-hydrogen) atoms. The predicted octanol–water partition coefficient (Wildman–Crippen LogP) is 3.05. The van der Waals surface area contributed by atoms with E-state index in [4.69, 9.17) is 4.74 Å². The average Bonchev–Trinajstić information content (AvgIpc) is 2.67. The van der Waals surface area contributed by atoms with Gasteiger partial charge in [-0.2, -0.15) is 0 Å². The van der Waals surface area contributed by atoms with Gasteiger partial charge < -0.3 is 9.64 Å². The predicted molar refractivity (Wildman–Crippen MR) is 79.3 cm³/mol. The lowest BCUT2D eigenvalue weighted by Gasteiger charge is -2.26. The molecule has 5 nitrogen and oxygen atoms in total. The first kappa shape index (κ1) is 13.8. The summed E-state index contributed by atoms with van der Waals surface area (Å²) < 4.78 is 5.42. The molecule has 1 saturated carbocycles. The van der Waals surface area contributed by atoms with Crippen molar-refractivity contribution in [2.45, 2.75) is 44.6 Å².